The molecule has 0 atom stereocenters. The molecule has 2 rings (SSSR count). The molecule has 1 aliphatic rings. The second kappa shape index (κ2) is 5.57. The molecule has 1 fully saturated rings. The molecule has 1 aromatic heterocycles. The summed E-state index contributed by atoms with van der Waals surface area (Å²) in [4.78, 5) is 16.0. The highest BCUT2D eigenvalue weighted by Gasteiger charge is 2.21. The van der Waals surface area contributed by atoms with Gasteiger partial charge in [0.2, 0.25) is 0 Å². The van der Waals surface area contributed by atoms with Crippen LogP contribution in [0.4, 0.5) is 5.69 Å². The number of carbonyl (C=O) groups is 1. The van der Waals surface area contributed by atoms with Gasteiger partial charge in [0.15, 0.2) is 5.69 Å². The Hall–Kier alpha value is -1.29. The first-order valence-electron chi connectivity index (χ1n) is 6.29. The van der Waals surface area contributed by atoms with Crippen LogP contribution in [0.5, 0.6) is 0 Å². The Balaban J connectivity index is 2.01. The molecule has 0 spiro atoms. The van der Waals surface area contributed by atoms with Crippen molar-refractivity contribution < 1.29 is 4.79 Å². The van der Waals surface area contributed by atoms with Crippen LogP contribution in [0.25, 0.3) is 0 Å². The lowest BCUT2D eigenvalue weighted by atomic mass is 9.87. The van der Waals surface area contributed by atoms with Gasteiger partial charge in [-0.05, 0) is 43.7 Å². The molecular formula is C13H18ClN3O. The maximum absolute atomic E-state index is 12.1. The number of hydrogen-bond acceptors (Lipinski definition) is 3. The summed E-state index contributed by atoms with van der Waals surface area (Å²) in [5.74, 6) is 0.530. The molecule has 1 amide bonds. The topological polar surface area (TPSA) is 68.0 Å². The molecule has 1 aliphatic carbocycles. The van der Waals surface area contributed by atoms with E-state index in [2.05, 4.69) is 17.2 Å². The van der Waals surface area contributed by atoms with E-state index in [9.17, 15) is 4.79 Å². The maximum atomic E-state index is 12.1. The third-order valence-electron chi connectivity index (χ3n) is 3.46. The number of aromatic nitrogens is 1. The van der Waals surface area contributed by atoms with E-state index in [0.717, 1.165) is 31.6 Å². The van der Waals surface area contributed by atoms with Crippen LogP contribution in [0.3, 0.4) is 0 Å². The summed E-state index contributed by atoms with van der Waals surface area (Å²) in [7, 11) is 0. The van der Waals surface area contributed by atoms with E-state index in [0.29, 0.717) is 5.69 Å². The van der Waals surface area contributed by atoms with Crippen molar-refractivity contribution >= 4 is 23.2 Å². The van der Waals surface area contributed by atoms with E-state index in [-0.39, 0.29) is 22.8 Å². The molecule has 0 radical (unpaired) electrons. The Kier molecular flexibility index (Phi) is 4.07. The van der Waals surface area contributed by atoms with E-state index < -0.39 is 0 Å². The third kappa shape index (κ3) is 3.13. The van der Waals surface area contributed by atoms with Crippen LogP contribution in [0.15, 0.2) is 12.1 Å². The maximum Gasteiger partial charge on any atom is 0.272 e. The Morgan fingerprint density at radius 2 is 2.06 bits per heavy atom. The van der Waals surface area contributed by atoms with Crippen LogP contribution in [0.2, 0.25) is 5.15 Å². The number of nitrogens with two attached hydrogens (primary N) is 1. The lowest BCUT2D eigenvalue weighted by molar-refractivity contribution is 0.0919. The standard InChI is InChI=1S/C13H18ClN3O/c1-8-2-4-9(5-3-8)16-13(18)12-10(15)6-7-11(14)17-12/h6-9H,2-5,15H2,1H3,(H,16,18). The number of nitrogens with zero attached hydrogens (tertiary/aromatic N) is 1. The highest BCUT2D eigenvalue weighted by atomic mass is 35.5. The molecule has 0 saturated heterocycles. The number of nitrogen functional groups attached to an aromatic ring is 1. The first-order chi connectivity index (χ1) is 8.56. The summed E-state index contributed by atoms with van der Waals surface area (Å²) < 4.78 is 0. The lowest BCUT2D eigenvalue weighted by Crippen LogP contribution is -2.38. The number of halogens is 1. The van der Waals surface area contributed by atoms with Crippen molar-refractivity contribution in [2.45, 2.75) is 38.6 Å². The van der Waals surface area contributed by atoms with Crippen molar-refractivity contribution in [1.29, 1.82) is 0 Å². The average molecular weight is 268 g/mol. The number of hydrogen-bond donors (Lipinski definition) is 2. The fourth-order valence-corrected chi connectivity index (χ4v) is 2.43. The molecule has 0 bridgehead atoms. The SMILES string of the molecule is CC1CCC(NC(=O)c2nc(Cl)ccc2N)CC1. The van der Waals surface area contributed by atoms with E-state index in [1.165, 1.54) is 0 Å². The van der Waals surface area contributed by atoms with E-state index in [4.69, 9.17) is 17.3 Å². The van der Waals surface area contributed by atoms with Crippen LogP contribution < -0.4 is 11.1 Å². The van der Waals surface area contributed by atoms with Crippen molar-refractivity contribution in [3.05, 3.63) is 23.0 Å². The van der Waals surface area contributed by atoms with Crippen LogP contribution in [0.1, 0.15) is 43.1 Å². The molecule has 0 aliphatic heterocycles. The lowest BCUT2D eigenvalue weighted by Gasteiger charge is -2.26. The number of nitrogens with one attached hydrogen (secondary N) is 1. The third-order valence-corrected chi connectivity index (χ3v) is 3.67. The van der Waals surface area contributed by atoms with Crippen molar-refractivity contribution in [2.75, 3.05) is 5.73 Å². The van der Waals surface area contributed by atoms with E-state index in [1.54, 1.807) is 12.1 Å². The average Bonchev–Trinajstić information content (AvgIpc) is 2.35. The van der Waals surface area contributed by atoms with Crippen molar-refractivity contribution in [1.82, 2.24) is 10.3 Å². The molecular weight excluding hydrogens is 250 g/mol. The molecule has 0 aromatic carbocycles. The molecule has 1 heterocycles. The number of carbonyl (C=O) groups excluding carboxylic acids is 1. The van der Waals surface area contributed by atoms with Crippen LogP contribution in [0, 0.1) is 5.92 Å². The summed E-state index contributed by atoms with van der Waals surface area (Å²) in [6.45, 7) is 2.24. The normalized spacial score (nSPS) is 23.7. The van der Waals surface area contributed by atoms with E-state index >= 15 is 0 Å². The minimum absolute atomic E-state index is 0.223. The zero-order valence-electron chi connectivity index (χ0n) is 10.4. The zero-order chi connectivity index (χ0) is 13.1. The summed E-state index contributed by atoms with van der Waals surface area (Å²) in [6.07, 6.45) is 4.35. The van der Waals surface area contributed by atoms with Crippen molar-refractivity contribution in [3.63, 3.8) is 0 Å². The Morgan fingerprint density at radius 1 is 1.39 bits per heavy atom. The summed E-state index contributed by atoms with van der Waals surface area (Å²) in [5, 5.41) is 3.27. The van der Waals surface area contributed by atoms with Gasteiger partial charge in [-0.15, -0.1) is 0 Å². The number of anilines is 1. The van der Waals surface area contributed by atoms with Gasteiger partial charge in [-0.25, -0.2) is 4.98 Å². The first-order valence-corrected chi connectivity index (χ1v) is 6.67. The van der Waals surface area contributed by atoms with Gasteiger partial charge >= 0.3 is 0 Å². The fourth-order valence-electron chi connectivity index (χ4n) is 2.29. The Morgan fingerprint density at radius 3 is 2.72 bits per heavy atom. The molecule has 4 nitrogen and oxygen atoms in total. The second-order valence-electron chi connectivity index (χ2n) is 5.00. The highest BCUT2D eigenvalue weighted by Crippen LogP contribution is 2.24. The second-order valence-corrected chi connectivity index (χ2v) is 5.39. The molecule has 0 unspecified atom stereocenters. The molecule has 5 heteroatoms. The molecule has 1 aromatic rings. The summed E-state index contributed by atoms with van der Waals surface area (Å²) in [5.41, 5.74) is 6.32. The van der Waals surface area contributed by atoms with Crippen molar-refractivity contribution in [3.8, 4) is 0 Å². The highest BCUT2D eigenvalue weighted by molar-refractivity contribution is 6.29. The quantitative estimate of drug-likeness (QED) is 0.810. The number of rotatable bonds is 2. The molecule has 98 valence electrons. The van der Waals surface area contributed by atoms with Gasteiger partial charge in [-0.3, -0.25) is 4.79 Å². The van der Waals surface area contributed by atoms with Crippen LogP contribution >= 0.6 is 11.6 Å². The number of pyridine rings is 1. The Bertz CT molecular complexity index is 442. The first kappa shape index (κ1) is 13.1. The molecule has 18 heavy (non-hydrogen) atoms. The predicted octanol–water partition coefficient (Wildman–Crippen LogP) is 2.63. The van der Waals surface area contributed by atoms with E-state index in [1.807, 2.05) is 0 Å². The predicted molar refractivity (Wildman–Crippen MR) is 72.5 cm³/mol. The zero-order valence-corrected chi connectivity index (χ0v) is 11.2. The minimum Gasteiger partial charge on any atom is -0.397 e. The number of amides is 1. The molecule has 1 saturated carbocycles. The monoisotopic (exact) mass is 267 g/mol. The minimum atomic E-state index is -0.227. The summed E-state index contributed by atoms with van der Waals surface area (Å²) >= 11 is 5.78. The van der Waals surface area contributed by atoms with Gasteiger partial charge in [-0.1, -0.05) is 18.5 Å². The van der Waals surface area contributed by atoms with Crippen LogP contribution in [-0.2, 0) is 0 Å². The van der Waals surface area contributed by atoms with Gasteiger partial charge in [-0.2, -0.15) is 0 Å². The van der Waals surface area contributed by atoms with Gasteiger partial charge in [0.1, 0.15) is 5.15 Å². The smallest absolute Gasteiger partial charge is 0.272 e. The van der Waals surface area contributed by atoms with Gasteiger partial charge in [0.05, 0.1) is 5.69 Å². The van der Waals surface area contributed by atoms with Gasteiger partial charge in [0.25, 0.3) is 5.91 Å². The molecule has 3 N–H and O–H groups in total. The van der Waals surface area contributed by atoms with Crippen LogP contribution in [-0.4, -0.2) is 16.9 Å². The van der Waals surface area contributed by atoms with Crippen molar-refractivity contribution in [2.24, 2.45) is 5.92 Å². The fraction of sp³-hybridized carbons (Fsp3) is 0.538. The largest absolute Gasteiger partial charge is 0.397 e. The summed E-state index contributed by atoms with van der Waals surface area (Å²) in [6, 6.07) is 3.41. The van der Waals surface area contributed by atoms with Gasteiger partial charge < -0.3 is 11.1 Å². The van der Waals surface area contributed by atoms with Gasteiger partial charge in [0, 0.05) is 6.04 Å². The Labute approximate surface area is 112 Å².